The number of ether oxygens (including phenoxy) is 1. The van der Waals surface area contributed by atoms with E-state index in [2.05, 4.69) is 5.32 Å². The zero-order valence-electron chi connectivity index (χ0n) is 15.2. The van der Waals surface area contributed by atoms with Gasteiger partial charge in [0.05, 0.1) is 5.02 Å². The summed E-state index contributed by atoms with van der Waals surface area (Å²) in [5.41, 5.74) is 0.824. The van der Waals surface area contributed by atoms with Crippen molar-refractivity contribution in [3.05, 3.63) is 64.1 Å². The van der Waals surface area contributed by atoms with Crippen molar-refractivity contribution in [2.24, 2.45) is 0 Å². The van der Waals surface area contributed by atoms with E-state index in [-0.39, 0.29) is 25.0 Å². The first-order valence-electron chi connectivity index (χ1n) is 8.61. The molecule has 0 saturated heterocycles. The number of benzene rings is 2. The summed E-state index contributed by atoms with van der Waals surface area (Å²) in [5.74, 6) is -0.139. The van der Waals surface area contributed by atoms with E-state index in [1.54, 1.807) is 49.4 Å². The van der Waals surface area contributed by atoms with Crippen LogP contribution in [0.3, 0.4) is 0 Å². The number of hydrogen-bond donors (Lipinski definition) is 1. The lowest BCUT2D eigenvalue weighted by Gasteiger charge is -2.28. The predicted octanol–water partition coefficient (Wildman–Crippen LogP) is 3.93. The number of para-hydroxylation sites is 1. The Balaban J connectivity index is 2.15. The molecule has 2 aromatic rings. The second kappa shape index (κ2) is 10.2. The Morgan fingerprint density at radius 3 is 2.56 bits per heavy atom. The van der Waals surface area contributed by atoms with Crippen molar-refractivity contribution in [2.45, 2.75) is 26.4 Å². The van der Waals surface area contributed by atoms with Gasteiger partial charge in [-0.3, -0.25) is 9.59 Å². The number of halogens is 2. The summed E-state index contributed by atoms with van der Waals surface area (Å²) >= 11 is 12.1. The van der Waals surface area contributed by atoms with Crippen LogP contribution < -0.4 is 10.1 Å². The summed E-state index contributed by atoms with van der Waals surface area (Å²) in [6.45, 7) is 4.01. The first-order valence-corrected chi connectivity index (χ1v) is 9.37. The Labute approximate surface area is 169 Å². The van der Waals surface area contributed by atoms with Crippen molar-refractivity contribution < 1.29 is 14.3 Å². The first-order chi connectivity index (χ1) is 12.9. The molecule has 2 aromatic carbocycles. The minimum atomic E-state index is -0.661. The summed E-state index contributed by atoms with van der Waals surface area (Å²) in [6.07, 6.45) is 0. The molecule has 0 radical (unpaired) electrons. The standard InChI is InChI=1S/C20H22Cl2N2O3/c1-3-23-20(26)14(2)24(12-15-7-6-8-16(21)11-15)19(25)13-27-18-10-5-4-9-17(18)22/h4-11,14H,3,12-13H2,1-2H3,(H,23,26)/t14-/m0/s1. The molecule has 0 aliphatic carbocycles. The van der Waals surface area contributed by atoms with Gasteiger partial charge in [0.1, 0.15) is 11.8 Å². The molecule has 0 aliphatic heterocycles. The monoisotopic (exact) mass is 408 g/mol. The highest BCUT2D eigenvalue weighted by molar-refractivity contribution is 6.32. The molecule has 1 atom stereocenters. The molecule has 1 N–H and O–H groups in total. The number of nitrogens with zero attached hydrogens (tertiary/aromatic N) is 1. The molecule has 2 amide bonds. The van der Waals surface area contributed by atoms with Crippen LogP contribution in [0.1, 0.15) is 19.4 Å². The van der Waals surface area contributed by atoms with Gasteiger partial charge in [0.15, 0.2) is 6.61 Å². The molecule has 0 fully saturated rings. The molecular formula is C20H22Cl2N2O3. The third kappa shape index (κ3) is 6.15. The predicted molar refractivity (Wildman–Crippen MR) is 107 cm³/mol. The highest BCUT2D eigenvalue weighted by atomic mass is 35.5. The molecule has 0 bridgehead atoms. The fourth-order valence-corrected chi connectivity index (χ4v) is 2.92. The molecule has 0 aromatic heterocycles. The van der Waals surface area contributed by atoms with Gasteiger partial charge in [0, 0.05) is 18.1 Å². The molecular weight excluding hydrogens is 387 g/mol. The number of amides is 2. The van der Waals surface area contributed by atoms with E-state index >= 15 is 0 Å². The highest BCUT2D eigenvalue weighted by Crippen LogP contribution is 2.23. The van der Waals surface area contributed by atoms with Gasteiger partial charge in [0.2, 0.25) is 5.91 Å². The van der Waals surface area contributed by atoms with Gasteiger partial charge in [-0.05, 0) is 43.7 Å². The van der Waals surface area contributed by atoms with Crippen LogP contribution in [0, 0.1) is 0 Å². The third-order valence-corrected chi connectivity index (χ3v) is 4.50. The van der Waals surface area contributed by atoms with Crippen molar-refractivity contribution in [3.63, 3.8) is 0 Å². The number of carbonyl (C=O) groups excluding carboxylic acids is 2. The second-order valence-corrected chi connectivity index (χ2v) is 6.78. The number of rotatable bonds is 8. The molecule has 27 heavy (non-hydrogen) atoms. The van der Waals surface area contributed by atoms with Crippen molar-refractivity contribution in [3.8, 4) is 5.75 Å². The lowest BCUT2D eigenvalue weighted by atomic mass is 10.1. The van der Waals surface area contributed by atoms with E-state index < -0.39 is 6.04 Å². The molecule has 0 heterocycles. The van der Waals surface area contributed by atoms with E-state index in [9.17, 15) is 9.59 Å². The zero-order chi connectivity index (χ0) is 19.8. The maximum Gasteiger partial charge on any atom is 0.261 e. The van der Waals surface area contributed by atoms with Gasteiger partial charge in [0.25, 0.3) is 5.91 Å². The molecule has 0 aliphatic rings. The van der Waals surface area contributed by atoms with Gasteiger partial charge < -0.3 is 15.0 Å². The van der Waals surface area contributed by atoms with E-state index in [1.807, 2.05) is 13.0 Å². The summed E-state index contributed by atoms with van der Waals surface area (Å²) in [6, 6.07) is 13.4. The van der Waals surface area contributed by atoms with Crippen molar-refractivity contribution in [2.75, 3.05) is 13.2 Å². The number of hydrogen-bond acceptors (Lipinski definition) is 3. The van der Waals surface area contributed by atoms with Gasteiger partial charge in [-0.25, -0.2) is 0 Å². The lowest BCUT2D eigenvalue weighted by Crippen LogP contribution is -2.49. The number of carbonyl (C=O) groups is 2. The summed E-state index contributed by atoms with van der Waals surface area (Å²) in [4.78, 5) is 26.6. The number of nitrogens with one attached hydrogen (secondary N) is 1. The van der Waals surface area contributed by atoms with Crippen LogP contribution in [-0.2, 0) is 16.1 Å². The highest BCUT2D eigenvalue weighted by Gasteiger charge is 2.26. The third-order valence-electron chi connectivity index (χ3n) is 3.95. The molecule has 0 spiro atoms. The van der Waals surface area contributed by atoms with Crippen LogP contribution in [0.15, 0.2) is 48.5 Å². The zero-order valence-corrected chi connectivity index (χ0v) is 16.8. The molecule has 2 rings (SSSR count). The maximum absolute atomic E-state index is 12.8. The van der Waals surface area contributed by atoms with Gasteiger partial charge in [-0.15, -0.1) is 0 Å². The summed E-state index contributed by atoms with van der Waals surface area (Å²) < 4.78 is 5.55. The van der Waals surface area contributed by atoms with Gasteiger partial charge in [-0.2, -0.15) is 0 Å². The van der Waals surface area contributed by atoms with Crippen LogP contribution in [-0.4, -0.2) is 35.9 Å². The van der Waals surface area contributed by atoms with E-state index in [0.29, 0.717) is 22.3 Å². The van der Waals surface area contributed by atoms with Crippen LogP contribution in [0.2, 0.25) is 10.0 Å². The first kappa shape index (κ1) is 21.1. The van der Waals surface area contributed by atoms with Crippen molar-refractivity contribution >= 4 is 35.0 Å². The molecule has 7 heteroatoms. The average molecular weight is 409 g/mol. The maximum atomic E-state index is 12.8. The van der Waals surface area contributed by atoms with E-state index in [4.69, 9.17) is 27.9 Å². The van der Waals surface area contributed by atoms with Gasteiger partial charge >= 0.3 is 0 Å². The Bertz CT molecular complexity index is 798. The number of likely N-dealkylation sites (N-methyl/N-ethyl adjacent to an activating group) is 1. The minimum Gasteiger partial charge on any atom is -0.482 e. The van der Waals surface area contributed by atoms with Crippen LogP contribution in [0.4, 0.5) is 0 Å². The molecule has 5 nitrogen and oxygen atoms in total. The SMILES string of the molecule is CCNC(=O)[C@H](C)N(Cc1cccc(Cl)c1)C(=O)COc1ccccc1Cl. The molecule has 0 saturated carbocycles. The average Bonchev–Trinajstić information content (AvgIpc) is 2.65. The fraction of sp³-hybridized carbons (Fsp3) is 0.300. The Morgan fingerprint density at radius 1 is 1.15 bits per heavy atom. The fourth-order valence-electron chi connectivity index (χ4n) is 2.52. The van der Waals surface area contributed by atoms with E-state index in [1.165, 1.54) is 4.90 Å². The molecule has 144 valence electrons. The van der Waals surface area contributed by atoms with Crippen molar-refractivity contribution in [1.82, 2.24) is 10.2 Å². The Morgan fingerprint density at radius 2 is 1.89 bits per heavy atom. The summed E-state index contributed by atoms with van der Waals surface area (Å²) in [5, 5.41) is 3.73. The van der Waals surface area contributed by atoms with Crippen LogP contribution >= 0.6 is 23.2 Å². The van der Waals surface area contributed by atoms with Gasteiger partial charge in [-0.1, -0.05) is 47.5 Å². The normalized spacial score (nSPS) is 11.6. The van der Waals surface area contributed by atoms with E-state index in [0.717, 1.165) is 5.56 Å². The van der Waals surface area contributed by atoms with Crippen LogP contribution in [0.5, 0.6) is 5.75 Å². The topological polar surface area (TPSA) is 58.6 Å². The van der Waals surface area contributed by atoms with Crippen LogP contribution in [0.25, 0.3) is 0 Å². The minimum absolute atomic E-state index is 0.228. The molecule has 0 unspecified atom stereocenters. The Hall–Kier alpha value is -2.24. The van der Waals surface area contributed by atoms with Crippen molar-refractivity contribution in [1.29, 1.82) is 0 Å². The second-order valence-electron chi connectivity index (χ2n) is 5.94. The smallest absolute Gasteiger partial charge is 0.261 e. The lowest BCUT2D eigenvalue weighted by molar-refractivity contribution is -0.142. The summed E-state index contributed by atoms with van der Waals surface area (Å²) in [7, 11) is 0. The Kier molecular flexibility index (Phi) is 7.95. The largest absolute Gasteiger partial charge is 0.482 e. The quantitative estimate of drug-likeness (QED) is 0.719.